The molecule has 0 radical (unpaired) electrons. The lowest BCUT2D eigenvalue weighted by molar-refractivity contribution is -0.136. The van der Waals surface area contributed by atoms with Gasteiger partial charge in [-0.25, -0.2) is 5.84 Å². The highest BCUT2D eigenvalue weighted by Gasteiger charge is 2.42. The van der Waals surface area contributed by atoms with Crippen LogP contribution in [0.1, 0.15) is 39.0 Å². The molecule has 3 N–H and O–H groups in total. The van der Waals surface area contributed by atoms with Crippen molar-refractivity contribution in [3.05, 3.63) is 0 Å². The van der Waals surface area contributed by atoms with E-state index in [-0.39, 0.29) is 11.3 Å². The Balaban J connectivity index is 2.52. The van der Waals surface area contributed by atoms with E-state index < -0.39 is 0 Å². The average molecular weight is 156 g/mol. The number of hydrogen-bond donors (Lipinski definition) is 2. The van der Waals surface area contributed by atoms with E-state index in [0.29, 0.717) is 0 Å². The molecule has 0 aromatic carbocycles. The summed E-state index contributed by atoms with van der Waals surface area (Å²) in [5, 5.41) is 0. The van der Waals surface area contributed by atoms with Gasteiger partial charge in [-0.1, -0.05) is 19.8 Å². The highest BCUT2D eigenvalue weighted by Crippen LogP contribution is 2.44. The zero-order chi connectivity index (χ0) is 8.32. The predicted octanol–water partition coefficient (Wildman–Crippen LogP) is 0.947. The van der Waals surface area contributed by atoms with Crippen LogP contribution in [0.2, 0.25) is 0 Å². The molecule has 0 saturated heterocycles. The molecule has 1 aliphatic rings. The first-order valence-corrected chi connectivity index (χ1v) is 4.26. The third-order valence-corrected chi connectivity index (χ3v) is 2.65. The summed E-state index contributed by atoms with van der Waals surface area (Å²) in [6.07, 6.45) is 5.25. The molecule has 3 nitrogen and oxygen atoms in total. The van der Waals surface area contributed by atoms with E-state index in [4.69, 9.17) is 5.84 Å². The highest BCUT2D eigenvalue weighted by molar-refractivity contribution is 5.82. The molecule has 1 aliphatic carbocycles. The topological polar surface area (TPSA) is 55.1 Å². The van der Waals surface area contributed by atoms with E-state index in [1.54, 1.807) is 0 Å². The smallest absolute Gasteiger partial charge is 0.240 e. The van der Waals surface area contributed by atoms with Gasteiger partial charge >= 0.3 is 0 Å². The second-order valence-electron chi connectivity index (χ2n) is 3.36. The number of nitrogens with one attached hydrogen (secondary N) is 1. The minimum atomic E-state index is -0.0937. The summed E-state index contributed by atoms with van der Waals surface area (Å²) in [4.78, 5) is 11.3. The van der Waals surface area contributed by atoms with Gasteiger partial charge in [0.25, 0.3) is 0 Å². The molecule has 1 rings (SSSR count). The first-order valence-electron chi connectivity index (χ1n) is 4.26. The van der Waals surface area contributed by atoms with E-state index in [1.165, 1.54) is 6.42 Å². The molecule has 1 fully saturated rings. The molecule has 1 saturated carbocycles. The van der Waals surface area contributed by atoms with Crippen LogP contribution < -0.4 is 11.3 Å². The van der Waals surface area contributed by atoms with Crippen LogP contribution >= 0.6 is 0 Å². The number of hydrogen-bond acceptors (Lipinski definition) is 2. The van der Waals surface area contributed by atoms with Crippen LogP contribution in [-0.2, 0) is 4.79 Å². The van der Waals surface area contributed by atoms with Crippen molar-refractivity contribution in [3.63, 3.8) is 0 Å². The van der Waals surface area contributed by atoms with Gasteiger partial charge in [0.1, 0.15) is 0 Å². The lowest BCUT2D eigenvalue weighted by Gasteiger charge is -2.39. The lowest BCUT2D eigenvalue weighted by atomic mass is 9.65. The van der Waals surface area contributed by atoms with Gasteiger partial charge in [-0.15, -0.1) is 0 Å². The summed E-state index contributed by atoms with van der Waals surface area (Å²) in [5.74, 6) is 5.13. The zero-order valence-corrected chi connectivity index (χ0v) is 7.02. The van der Waals surface area contributed by atoms with E-state index in [2.05, 4.69) is 12.3 Å². The molecular weight excluding hydrogens is 140 g/mol. The highest BCUT2D eigenvalue weighted by atomic mass is 16.2. The average Bonchev–Trinajstić information content (AvgIpc) is 1.95. The van der Waals surface area contributed by atoms with Crippen LogP contribution in [-0.4, -0.2) is 5.91 Å². The van der Waals surface area contributed by atoms with Crippen molar-refractivity contribution in [1.82, 2.24) is 5.43 Å². The minimum absolute atomic E-state index is 0.0330. The third kappa shape index (κ3) is 1.38. The Kier molecular flexibility index (Phi) is 2.49. The first-order chi connectivity index (χ1) is 5.25. The Morgan fingerprint density at radius 3 is 2.55 bits per heavy atom. The molecule has 0 aromatic heterocycles. The van der Waals surface area contributed by atoms with Crippen molar-refractivity contribution in [2.45, 2.75) is 39.0 Å². The molecule has 0 unspecified atom stereocenters. The maximum Gasteiger partial charge on any atom is 0.240 e. The van der Waals surface area contributed by atoms with Crippen molar-refractivity contribution < 1.29 is 4.79 Å². The van der Waals surface area contributed by atoms with E-state index >= 15 is 0 Å². The summed E-state index contributed by atoms with van der Waals surface area (Å²) in [5.41, 5.74) is 2.16. The second-order valence-corrected chi connectivity index (χ2v) is 3.36. The number of amides is 1. The van der Waals surface area contributed by atoms with E-state index in [0.717, 1.165) is 25.7 Å². The Hall–Kier alpha value is -0.570. The fourth-order valence-corrected chi connectivity index (χ4v) is 1.83. The molecule has 0 heterocycles. The van der Waals surface area contributed by atoms with Crippen molar-refractivity contribution in [2.75, 3.05) is 0 Å². The van der Waals surface area contributed by atoms with Crippen LogP contribution in [0.3, 0.4) is 0 Å². The summed E-state index contributed by atoms with van der Waals surface area (Å²) in [7, 11) is 0. The fraction of sp³-hybridized carbons (Fsp3) is 0.875. The largest absolute Gasteiger partial charge is 0.294 e. The summed E-state index contributed by atoms with van der Waals surface area (Å²) >= 11 is 0. The van der Waals surface area contributed by atoms with Gasteiger partial charge in [-0.2, -0.15) is 0 Å². The molecule has 11 heavy (non-hydrogen) atoms. The van der Waals surface area contributed by atoms with Gasteiger partial charge < -0.3 is 0 Å². The van der Waals surface area contributed by atoms with Crippen LogP contribution in [0.5, 0.6) is 0 Å². The zero-order valence-electron chi connectivity index (χ0n) is 7.02. The summed E-state index contributed by atoms with van der Waals surface area (Å²) in [6, 6.07) is 0. The molecule has 3 heteroatoms. The lowest BCUT2D eigenvalue weighted by Crippen LogP contribution is -2.48. The monoisotopic (exact) mass is 156 g/mol. The van der Waals surface area contributed by atoms with Crippen molar-refractivity contribution in [2.24, 2.45) is 11.3 Å². The third-order valence-electron chi connectivity index (χ3n) is 2.65. The van der Waals surface area contributed by atoms with Crippen molar-refractivity contribution in [3.8, 4) is 0 Å². The van der Waals surface area contributed by atoms with Gasteiger partial charge in [0, 0.05) is 0 Å². The SMILES string of the molecule is CCCC1(C(=O)NN)CCC1. The van der Waals surface area contributed by atoms with Gasteiger partial charge in [-0.3, -0.25) is 10.2 Å². The van der Waals surface area contributed by atoms with Crippen LogP contribution in [0.4, 0.5) is 0 Å². The quantitative estimate of drug-likeness (QED) is 0.363. The maximum atomic E-state index is 11.3. The van der Waals surface area contributed by atoms with E-state index in [1.807, 2.05) is 0 Å². The maximum absolute atomic E-state index is 11.3. The molecule has 0 aromatic rings. The van der Waals surface area contributed by atoms with Crippen LogP contribution in [0.25, 0.3) is 0 Å². The molecule has 64 valence electrons. The Labute approximate surface area is 67.3 Å². The number of rotatable bonds is 3. The van der Waals surface area contributed by atoms with Crippen LogP contribution in [0, 0.1) is 5.41 Å². The number of hydrazine groups is 1. The number of carbonyl (C=O) groups is 1. The summed E-state index contributed by atoms with van der Waals surface area (Å²) < 4.78 is 0. The molecular formula is C8H16N2O. The normalized spacial score (nSPS) is 20.5. The van der Waals surface area contributed by atoms with Gasteiger partial charge in [0.05, 0.1) is 5.41 Å². The van der Waals surface area contributed by atoms with Gasteiger partial charge in [0.2, 0.25) is 5.91 Å². The van der Waals surface area contributed by atoms with Crippen molar-refractivity contribution in [1.29, 1.82) is 0 Å². The standard InChI is InChI=1S/C8H16N2O/c1-2-4-8(5-3-6-8)7(11)10-9/h2-6,9H2,1H3,(H,10,11). The second kappa shape index (κ2) is 3.22. The Morgan fingerprint density at radius 1 is 1.64 bits per heavy atom. The number of carbonyl (C=O) groups excluding carboxylic acids is 1. The molecule has 0 atom stereocenters. The molecule has 0 spiro atoms. The Morgan fingerprint density at radius 2 is 2.27 bits per heavy atom. The number of nitrogens with two attached hydrogens (primary N) is 1. The first kappa shape index (κ1) is 8.53. The molecule has 0 bridgehead atoms. The summed E-state index contributed by atoms with van der Waals surface area (Å²) in [6.45, 7) is 2.10. The van der Waals surface area contributed by atoms with Gasteiger partial charge in [0.15, 0.2) is 0 Å². The molecule has 1 amide bonds. The fourth-order valence-electron chi connectivity index (χ4n) is 1.83. The predicted molar refractivity (Wildman–Crippen MR) is 43.5 cm³/mol. The van der Waals surface area contributed by atoms with Gasteiger partial charge in [-0.05, 0) is 19.3 Å². The minimum Gasteiger partial charge on any atom is -0.294 e. The van der Waals surface area contributed by atoms with E-state index in [9.17, 15) is 4.79 Å². The molecule has 0 aliphatic heterocycles. The van der Waals surface area contributed by atoms with Crippen LogP contribution in [0.15, 0.2) is 0 Å². The van der Waals surface area contributed by atoms with Crippen molar-refractivity contribution >= 4 is 5.91 Å². The Bertz CT molecular complexity index is 152.